The normalized spacial score (nSPS) is 11.0. The molecule has 5 heteroatoms. The van der Waals surface area contributed by atoms with Gasteiger partial charge in [0.1, 0.15) is 5.82 Å². The van der Waals surface area contributed by atoms with E-state index in [1.54, 1.807) is 11.8 Å². The lowest BCUT2D eigenvalue weighted by molar-refractivity contribution is -0.136. The summed E-state index contributed by atoms with van der Waals surface area (Å²) in [6, 6.07) is 6.30. The number of fused-ring (bicyclic) bond motifs is 1. The molecule has 0 atom stereocenters. The molecule has 0 aliphatic rings. The predicted molar refractivity (Wildman–Crippen MR) is 78.8 cm³/mol. The van der Waals surface area contributed by atoms with E-state index in [1.165, 1.54) is 5.56 Å². The summed E-state index contributed by atoms with van der Waals surface area (Å²) < 4.78 is 0. The lowest BCUT2D eigenvalue weighted by Crippen LogP contribution is -1.98. The van der Waals surface area contributed by atoms with Gasteiger partial charge in [-0.25, -0.2) is 4.98 Å². The largest absolute Gasteiger partial charge is 0.481 e. The fourth-order valence-electron chi connectivity index (χ4n) is 1.88. The molecule has 0 spiro atoms. The van der Waals surface area contributed by atoms with Gasteiger partial charge in [0.15, 0.2) is 0 Å². The molecule has 1 aromatic heterocycles. The molecule has 0 bridgehead atoms. The van der Waals surface area contributed by atoms with Crippen molar-refractivity contribution in [1.29, 1.82) is 0 Å². The van der Waals surface area contributed by atoms with Crippen LogP contribution in [0.3, 0.4) is 0 Å². The van der Waals surface area contributed by atoms with E-state index < -0.39 is 5.97 Å². The van der Waals surface area contributed by atoms with Crippen molar-refractivity contribution in [2.24, 2.45) is 0 Å². The third-order valence-corrected chi connectivity index (χ3v) is 3.93. The Morgan fingerprint density at radius 2 is 2.26 bits per heavy atom. The number of benzene rings is 1. The van der Waals surface area contributed by atoms with E-state index >= 15 is 0 Å². The van der Waals surface area contributed by atoms with Crippen molar-refractivity contribution < 1.29 is 9.90 Å². The summed E-state index contributed by atoms with van der Waals surface area (Å²) in [5.74, 6) is 1.80. The molecule has 0 amide bonds. The maximum atomic E-state index is 10.4. The van der Waals surface area contributed by atoms with Crippen molar-refractivity contribution in [2.75, 3.05) is 11.5 Å². The molecular weight excluding hydrogens is 260 g/mol. The Balaban J connectivity index is 1.89. The van der Waals surface area contributed by atoms with E-state index in [-0.39, 0.29) is 6.42 Å². The molecule has 102 valence electrons. The molecule has 4 nitrogen and oxygen atoms in total. The predicted octanol–water partition coefficient (Wildman–Crippen LogP) is 2.88. The summed E-state index contributed by atoms with van der Waals surface area (Å²) in [6.07, 6.45) is 2.10. The monoisotopic (exact) mass is 278 g/mol. The number of carboxylic acid groups (broad SMARTS) is 1. The Bertz CT molecular complexity index is 566. The van der Waals surface area contributed by atoms with Gasteiger partial charge in [-0.3, -0.25) is 4.79 Å². The highest BCUT2D eigenvalue weighted by Gasteiger charge is 2.04. The highest BCUT2D eigenvalue weighted by molar-refractivity contribution is 7.99. The van der Waals surface area contributed by atoms with Gasteiger partial charge in [0.2, 0.25) is 0 Å². The van der Waals surface area contributed by atoms with Crippen molar-refractivity contribution in [2.45, 2.75) is 26.2 Å². The number of rotatable bonds is 7. The Hall–Kier alpha value is -1.49. The number of carboxylic acids is 1. The summed E-state index contributed by atoms with van der Waals surface area (Å²) in [6.45, 7) is 2.14. The van der Waals surface area contributed by atoms with Crippen LogP contribution in [0.5, 0.6) is 0 Å². The zero-order valence-electron chi connectivity index (χ0n) is 11.0. The van der Waals surface area contributed by atoms with Gasteiger partial charge in [-0.15, -0.1) is 0 Å². The minimum atomic E-state index is -0.733. The Morgan fingerprint density at radius 1 is 1.42 bits per heavy atom. The molecule has 1 heterocycles. The first-order valence-electron chi connectivity index (χ1n) is 6.46. The number of thioether (sulfide) groups is 1. The Labute approximate surface area is 116 Å². The average Bonchev–Trinajstić information content (AvgIpc) is 2.79. The first-order chi connectivity index (χ1) is 9.19. The number of hydrogen-bond donors (Lipinski definition) is 2. The third kappa shape index (κ3) is 3.99. The summed E-state index contributed by atoms with van der Waals surface area (Å²) in [4.78, 5) is 18.2. The van der Waals surface area contributed by atoms with Gasteiger partial charge in [0.25, 0.3) is 0 Å². The molecule has 0 aliphatic heterocycles. The van der Waals surface area contributed by atoms with Crippen molar-refractivity contribution in [3.63, 3.8) is 0 Å². The molecule has 2 rings (SSSR count). The average molecular weight is 278 g/mol. The number of aromatic nitrogens is 2. The number of imidazole rings is 1. The smallest absolute Gasteiger partial charge is 0.304 e. The van der Waals surface area contributed by atoms with E-state index in [2.05, 4.69) is 29.0 Å². The van der Waals surface area contributed by atoms with E-state index in [9.17, 15) is 4.79 Å². The third-order valence-electron chi connectivity index (χ3n) is 2.95. The number of aryl methyl sites for hydroxylation is 2. The number of carbonyl (C=O) groups is 1. The highest BCUT2D eigenvalue weighted by atomic mass is 32.2. The van der Waals surface area contributed by atoms with Crippen LogP contribution in [0.25, 0.3) is 11.0 Å². The van der Waals surface area contributed by atoms with Gasteiger partial charge in [0.05, 0.1) is 17.5 Å². The Morgan fingerprint density at radius 3 is 3.00 bits per heavy atom. The minimum Gasteiger partial charge on any atom is -0.481 e. The van der Waals surface area contributed by atoms with Gasteiger partial charge >= 0.3 is 5.97 Å². The van der Waals surface area contributed by atoms with E-state index in [1.807, 2.05) is 6.07 Å². The van der Waals surface area contributed by atoms with Gasteiger partial charge in [0, 0.05) is 17.9 Å². The fourth-order valence-corrected chi connectivity index (χ4v) is 2.74. The van der Waals surface area contributed by atoms with Crippen LogP contribution in [0, 0.1) is 0 Å². The number of aliphatic carboxylic acids is 1. The zero-order chi connectivity index (χ0) is 13.7. The van der Waals surface area contributed by atoms with Gasteiger partial charge in [-0.05, 0) is 24.1 Å². The highest BCUT2D eigenvalue weighted by Crippen LogP contribution is 2.15. The van der Waals surface area contributed by atoms with Crippen molar-refractivity contribution in [3.05, 3.63) is 29.6 Å². The van der Waals surface area contributed by atoms with Crippen LogP contribution < -0.4 is 0 Å². The van der Waals surface area contributed by atoms with Crippen molar-refractivity contribution >= 4 is 28.8 Å². The molecule has 0 radical (unpaired) electrons. The topological polar surface area (TPSA) is 66.0 Å². The maximum absolute atomic E-state index is 10.4. The molecule has 0 fully saturated rings. The molecule has 2 N–H and O–H groups in total. The van der Waals surface area contributed by atoms with Gasteiger partial charge in [-0.2, -0.15) is 11.8 Å². The maximum Gasteiger partial charge on any atom is 0.304 e. The molecule has 0 aliphatic carbocycles. The molecular formula is C14H18N2O2S. The van der Waals surface area contributed by atoms with Crippen LogP contribution in [-0.4, -0.2) is 32.5 Å². The molecule has 0 unspecified atom stereocenters. The number of aromatic amines is 1. The fraction of sp³-hybridized carbons (Fsp3) is 0.429. The number of nitrogens with one attached hydrogen (secondary N) is 1. The number of H-pyrrole nitrogens is 1. The van der Waals surface area contributed by atoms with E-state index in [4.69, 9.17) is 5.11 Å². The van der Waals surface area contributed by atoms with Gasteiger partial charge < -0.3 is 10.1 Å². The second-order valence-corrected chi connectivity index (χ2v) is 5.62. The van der Waals surface area contributed by atoms with Crippen LogP contribution in [0.4, 0.5) is 0 Å². The van der Waals surface area contributed by atoms with Crippen LogP contribution in [-0.2, 0) is 17.6 Å². The molecule has 0 saturated heterocycles. The van der Waals surface area contributed by atoms with Crippen LogP contribution in [0.15, 0.2) is 18.2 Å². The first-order valence-corrected chi connectivity index (χ1v) is 7.61. The summed E-state index contributed by atoms with van der Waals surface area (Å²) in [5, 5.41) is 8.54. The quantitative estimate of drug-likeness (QED) is 0.764. The Kier molecular flexibility index (Phi) is 4.85. The van der Waals surface area contributed by atoms with Crippen molar-refractivity contribution in [3.8, 4) is 0 Å². The summed E-state index contributed by atoms with van der Waals surface area (Å²) in [5.41, 5.74) is 3.39. The second kappa shape index (κ2) is 6.61. The SMILES string of the molecule is CCc1ccc2nc(CCSCCC(=O)O)[nH]c2c1. The number of hydrogen-bond acceptors (Lipinski definition) is 3. The molecule has 1 aromatic carbocycles. The number of nitrogens with zero attached hydrogens (tertiary/aromatic N) is 1. The minimum absolute atomic E-state index is 0.227. The first kappa shape index (κ1) is 13.9. The van der Waals surface area contributed by atoms with E-state index in [0.717, 1.165) is 35.5 Å². The van der Waals surface area contributed by atoms with E-state index in [0.29, 0.717) is 5.75 Å². The molecule has 2 aromatic rings. The summed E-state index contributed by atoms with van der Waals surface area (Å²) in [7, 11) is 0. The van der Waals surface area contributed by atoms with Crippen LogP contribution >= 0.6 is 11.8 Å². The van der Waals surface area contributed by atoms with Gasteiger partial charge in [-0.1, -0.05) is 13.0 Å². The summed E-state index contributed by atoms with van der Waals surface area (Å²) >= 11 is 1.65. The molecule has 19 heavy (non-hydrogen) atoms. The van der Waals surface area contributed by atoms with Crippen molar-refractivity contribution in [1.82, 2.24) is 9.97 Å². The standard InChI is InChI=1S/C14H18N2O2S/c1-2-10-3-4-11-12(9-10)16-13(15-11)5-7-19-8-6-14(17)18/h3-4,9H,2,5-8H2,1H3,(H,15,16)(H,17,18). The zero-order valence-corrected chi connectivity index (χ0v) is 11.8. The van der Waals surface area contributed by atoms with Crippen LogP contribution in [0.2, 0.25) is 0 Å². The second-order valence-electron chi connectivity index (χ2n) is 4.39. The molecule has 0 saturated carbocycles. The lowest BCUT2D eigenvalue weighted by Gasteiger charge is -1.97. The van der Waals surface area contributed by atoms with Crippen LogP contribution in [0.1, 0.15) is 24.7 Å². The lowest BCUT2D eigenvalue weighted by atomic mass is 10.1.